The Morgan fingerprint density at radius 1 is 1.06 bits per heavy atom. The SMILES string of the molecule is O=C1N=C(N2CCN(c3cccc(C(F)(F)F)c3)CC2)S/C1=C/c1ccc([O-])c([N+](=O)[O-])c1. The van der Waals surface area contributed by atoms with Gasteiger partial charge in [-0.3, -0.25) is 14.9 Å². The van der Waals surface area contributed by atoms with Crippen molar-refractivity contribution >= 4 is 40.3 Å². The molecule has 0 saturated carbocycles. The van der Waals surface area contributed by atoms with E-state index in [9.17, 15) is 33.2 Å². The first-order valence-electron chi connectivity index (χ1n) is 9.77. The summed E-state index contributed by atoms with van der Waals surface area (Å²) >= 11 is 1.11. The fourth-order valence-electron chi connectivity index (χ4n) is 3.49. The maximum atomic E-state index is 13.0. The highest BCUT2D eigenvalue weighted by molar-refractivity contribution is 8.18. The van der Waals surface area contributed by atoms with E-state index in [0.29, 0.717) is 42.6 Å². The fraction of sp³-hybridized carbons (Fsp3) is 0.238. The van der Waals surface area contributed by atoms with Crippen molar-refractivity contribution in [3.05, 3.63) is 68.6 Å². The molecule has 2 aromatic rings. The van der Waals surface area contributed by atoms with Gasteiger partial charge in [0, 0.05) is 37.9 Å². The number of alkyl halides is 3. The Labute approximate surface area is 190 Å². The van der Waals surface area contributed by atoms with Crippen molar-refractivity contribution in [2.24, 2.45) is 4.99 Å². The van der Waals surface area contributed by atoms with Gasteiger partial charge in [-0.1, -0.05) is 18.2 Å². The van der Waals surface area contributed by atoms with Crippen LogP contribution in [0.25, 0.3) is 6.08 Å². The number of hydrogen-bond acceptors (Lipinski definition) is 7. The summed E-state index contributed by atoms with van der Waals surface area (Å²) in [6.45, 7) is 1.81. The monoisotopic (exact) mass is 477 g/mol. The van der Waals surface area contributed by atoms with E-state index in [1.807, 2.05) is 9.80 Å². The third kappa shape index (κ3) is 4.95. The van der Waals surface area contributed by atoms with E-state index in [1.165, 1.54) is 18.2 Å². The van der Waals surface area contributed by atoms with Gasteiger partial charge in [0.25, 0.3) is 11.6 Å². The Morgan fingerprint density at radius 3 is 2.42 bits per heavy atom. The first-order chi connectivity index (χ1) is 15.6. The summed E-state index contributed by atoms with van der Waals surface area (Å²) in [4.78, 5) is 30.5. The highest BCUT2D eigenvalue weighted by Gasteiger charge is 2.32. The molecule has 1 fully saturated rings. The van der Waals surface area contributed by atoms with Crippen molar-refractivity contribution in [3.8, 4) is 5.75 Å². The Balaban J connectivity index is 1.42. The average Bonchev–Trinajstić information content (AvgIpc) is 3.14. The molecule has 8 nitrogen and oxygen atoms in total. The predicted octanol–water partition coefficient (Wildman–Crippen LogP) is 3.48. The molecule has 0 aliphatic carbocycles. The summed E-state index contributed by atoms with van der Waals surface area (Å²) in [5.74, 6) is -1.22. The van der Waals surface area contributed by atoms with Crippen LogP contribution in [0, 0.1) is 10.1 Å². The van der Waals surface area contributed by atoms with Gasteiger partial charge in [0.15, 0.2) is 5.17 Å². The van der Waals surface area contributed by atoms with E-state index in [-0.39, 0.29) is 4.91 Å². The number of rotatable bonds is 3. The minimum atomic E-state index is -4.41. The first-order valence-corrected chi connectivity index (χ1v) is 10.6. The van der Waals surface area contributed by atoms with Crippen molar-refractivity contribution < 1.29 is 28.0 Å². The number of nitro groups is 1. The fourth-order valence-corrected chi connectivity index (χ4v) is 4.45. The minimum Gasteiger partial charge on any atom is -0.868 e. The van der Waals surface area contributed by atoms with Crippen LogP contribution in [0.1, 0.15) is 11.1 Å². The molecule has 33 heavy (non-hydrogen) atoms. The molecule has 4 rings (SSSR count). The maximum absolute atomic E-state index is 13.0. The number of aliphatic imine (C=N–C) groups is 1. The summed E-state index contributed by atoms with van der Waals surface area (Å²) < 4.78 is 38.9. The van der Waals surface area contributed by atoms with Crippen LogP contribution in [-0.2, 0) is 11.0 Å². The summed E-state index contributed by atoms with van der Waals surface area (Å²) in [6, 6.07) is 8.72. The minimum absolute atomic E-state index is 0.262. The second-order valence-corrected chi connectivity index (χ2v) is 8.33. The van der Waals surface area contributed by atoms with Crippen LogP contribution in [0.4, 0.5) is 24.5 Å². The van der Waals surface area contributed by atoms with Gasteiger partial charge in [0.05, 0.1) is 15.4 Å². The number of halogens is 3. The lowest BCUT2D eigenvalue weighted by Gasteiger charge is -2.36. The van der Waals surface area contributed by atoms with E-state index in [0.717, 1.165) is 36.0 Å². The average molecular weight is 477 g/mol. The zero-order valence-corrected chi connectivity index (χ0v) is 17.7. The molecule has 1 amide bonds. The highest BCUT2D eigenvalue weighted by Crippen LogP contribution is 2.34. The van der Waals surface area contributed by atoms with Gasteiger partial charge in [-0.25, -0.2) is 0 Å². The van der Waals surface area contributed by atoms with Gasteiger partial charge in [-0.15, -0.1) is 0 Å². The molecule has 2 heterocycles. The number of benzene rings is 2. The van der Waals surface area contributed by atoms with E-state index in [1.54, 1.807) is 6.07 Å². The van der Waals surface area contributed by atoms with Crippen molar-refractivity contribution in [2.75, 3.05) is 31.1 Å². The molecule has 1 saturated heterocycles. The molecule has 2 aliphatic rings. The molecule has 2 aliphatic heterocycles. The summed E-state index contributed by atoms with van der Waals surface area (Å²) in [6.07, 6.45) is -2.97. The van der Waals surface area contributed by atoms with Crippen LogP contribution in [0.15, 0.2) is 52.4 Å². The number of hydrogen-bond donors (Lipinski definition) is 0. The Hall–Kier alpha value is -3.54. The number of carbonyl (C=O) groups excluding carboxylic acids is 1. The topological polar surface area (TPSA) is 102 Å². The van der Waals surface area contributed by atoms with E-state index in [4.69, 9.17) is 0 Å². The second kappa shape index (κ2) is 8.77. The van der Waals surface area contributed by atoms with Crippen LogP contribution in [0.5, 0.6) is 5.75 Å². The summed E-state index contributed by atoms with van der Waals surface area (Å²) in [5.41, 5.74) is -0.469. The van der Waals surface area contributed by atoms with Gasteiger partial charge in [-0.05, 0) is 47.3 Å². The predicted molar refractivity (Wildman–Crippen MR) is 116 cm³/mol. The first kappa shape index (κ1) is 22.6. The quantitative estimate of drug-likeness (QED) is 0.379. The van der Waals surface area contributed by atoms with E-state index >= 15 is 0 Å². The number of nitro benzene ring substituents is 1. The molecular formula is C21H16F3N4O4S-. The highest BCUT2D eigenvalue weighted by atomic mass is 32.2. The smallest absolute Gasteiger partial charge is 0.416 e. The summed E-state index contributed by atoms with van der Waals surface area (Å²) in [7, 11) is 0. The third-order valence-electron chi connectivity index (χ3n) is 5.18. The zero-order chi connectivity index (χ0) is 23.8. The van der Waals surface area contributed by atoms with Crippen molar-refractivity contribution in [2.45, 2.75) is 6.18 Å². The lowest BCUT2D eigenvalue weighted by molar-refractivity contribution is -0.398. The van der Waals surface area contributed by atoms with Gasteiger partial charge in [0.1, 0.15) is 0 Å². The van der Waals surface area contributed by atoms with Crippen LogP contribution in [0.3, 0.4) is 0 Å². The standard InChI is InChI=1S/C21H17F3N4O4S/c22-21(23,24)14-2-1-3-15(12-14)26-6-8-27(9-7-26)20-25-19(30)18(33-20)11-13-4-5-17(29)16(10-13)28(31)32/h1-5,10-12,29H,6-9H2/p-1/b18-11+. The zero-order valence-electron chi connectivity index (χ0n) is 16.9. The van der Waals surface area contributed by atoms with Crippen LogP contribution in [0.2, 0.25) is 0 Å². The molecule has 0 bridgehead atoms. The Morgan fingerprint density at radius 2 is 1.76 bits per heavy atom. The number of amides is 1. The lowest BCUT2D eigenvalue weighted by Crippen LogP contribution is -2.47. The summed E-state index contributed by atoms with van der Waals surface area (Å²) in [5, 5.41) is 23.0. The van der Waals surface area contributed by atoms with Gasteiger partial charge in [0.2, 0.25) is 0 Å². The third-order valence-corrected chi connectivity index (χ3v) is 6.22. The number of amidine groups is 1. The number of nitrogens with zero attached hydrogens (tertiary/aromatic N) is 4. The van der Waals surface area contributed by atoms with E-state index < -0.39 is 34.0 Å². The van der Waals surface area contributed by atoms with Crippen molar-refractivity contribution in [1.82, 2.24) is 4.90 Å². The van der Waals surface area contributed by atoms with Crippen LogP contribution in [-0.4, -0.2) is 47.1 Å². The molecule has 172 valence electrons. The molecular weight excluding hydrogens is 461 g/mol. The number of piperazine rings is 1. The number of thioether (sulfide) groups is 1. The molecule has 0 unspecified atom stereocenters. The molecule has 0 atom stereocenters. The van der Waals surface area contributed by atoms with Gasteiger partial charge < -0.3 is 14.9 Å². The number of anilines is 1. The maximum Gasteiger partial charge on any atom is 0.416 e. The van der Waals surface area contributed by atoms with Crippen LogP contribution >= 0.6 is 11.8 Å². The molecule has 2 aromatic carbocycles. The molecule has 0 radical (unpaired) electrons. The van der Waals surface area contributed by atoms with Crippen molar-refractivity contribution in [1.29, 1.82) is 0 Å². The molecule has 0 aromatic heterocycles. The Bertz CT molecular complexity index is 1170. The molecule has 0 spiro atoms. The Kier molecular flexibility index (Phi) is 6.02. The van der Waals surface area contributed by atoms with E-state index in [2.05, 4.69) is 4.99 Å². The largest absolute Gasteiger partial charge is 0.868 e. The normalized spacial score (nSPS) is 18.1. The molecule has 12 heteroatoms. The van der Waals surface area contributed by atoms with Gasteiger partial charge >= 0.3 is 6.18 Å². The lowest BCUT2D eigenvalue weighted by atomic mass is 10.1. The second-order valence-electron chi connectivity index (χ2n) is 7.32. The van der Waals surface area contributed by atoms with Crippen molar-refractivity contribution in [3.63, 3.8) is 0 Å². The molecule has 0 N–H and O–H groups in total. The number of carbonyl (C=O) groups is 1. The van der Waals surface area contributed by atoms with Crippen LogP contribution < -0.4 is 10.0 Å². The van der Waals surface area contributed by atoms with Gasteiger partial charge in [-0.2, -0.15) is 18.2 Å².